The molecule has 5 aromatic rings. The van der Waals surface area contributed by atoms with Crippen molar-refractivity contribution in [3.8, 4) is 34.1 Å². The van der Waals surface area contributed by atoms with Gasteiger partial charge in [-0.2, -0.15) is 5.10 Å². The Balaban J connectivity index is 1.24. The summed E-state index contributed by atoms with van der Waals surface area (Å²) in [6.45, 7) is 6.05. The number of hydrogen-bond acceptors (Lipinski definition) is 8. The summed E-state index contributed by atoms with van der Waals surface area (Å²) in [7, 11) is 0. The fraction of sp³-hybridized carbons (Fsp3) is 0.194. The fourth-order valence-corrected chi connectivity index (χ4v) is 4.44. The topological polar surface area (TPSA) is 105 Å². The highest BCUT2D eigenvalue weighted by Gasteiger charge is 2.20. The van der Waals surface area contributed by atoms with Crippen LogP contribution in [0.15, 0.2) is 78.0 Å². The van der Waals surface area contributed by atoms with E-state index in [9.17, 15) is 9.59 Å². The Morgan fingerprint density at radius 2 is 1.80 bits per heavy atom. The molecule has 2 aromatic carbocycles. The normalized spacial score (nSPS) is 12.2. The minimum Gasteiger partial charge on any atom is -0.455 e. The lowest BCUT2D eigenvalue weighted by atomic mass is 10.0. The molecule has 0 fully saturated rings. The molecule has 0 saturated heterocycles. The number of pyridine rings is 2. The zero-order valence-electron chi connectivity index (χ0n) is 22.2. The lowest BCUT2D eigenvalue weighted by Gasteiger charge is -2.14. The lowest BCUT2D eigenvalue weighted by Crippen LogP contribution is -2.25. The molecule has 0 amide bonds. The van der Waals surface area contributed by atoms with E-state index in [1.807, 2.05) is 57.2 Å². The van der Waals surface area contributed by atoms with Gasteiger partial charge in [0.25, 0.3) is 0 Å². The molecule has 9 nitrogen and oxygen atoms in total. The molecular formula is C31H26N4O5. The van der Waals surface area contributed by atoms with Crippen molar-refractivity contribution < 1.29 is 19.0 Å². The Morgan fingerprint density at radius 3 is 2.52 bits per heavy atom. The van der Waals surface area contributed by atoms with Crippen molar-refractivity contribution in [1.29, 1.82) is 0 Å². The summed E-state index contributed by atoms with van der Waals surface area (Å²) in [5.74, 6) is 1.95. The summed E-state index contributed by atoms with van der Waals surface area (Å²) in [5, 5.41) is 5.15. The Labute approximate surface area is 230 Å². The molecule has 1 aliphatic heterocycles. The van der Waals surface area contributed by atoms with Crippen LogP contribution in [0.3, 0.4) is 0 Å². The molecule has 6 rings (SSSR count). The maximum Gasteiger partial charge on any atom is 0.231 e. The highest BCUT2D eigenvalue weighted by atomic mass is 16.7. The number of rotatable bonds is 7. The van der Waals surface area contributed by atoms with Crippen LogP contribution in [0.1, 0.15) is 41.6 Å². The van der Waals surface area contributed by atoms with Crippen LogP contribution in [-0.2, 0) is 6.42 Å². The molecule has 0 radical (unpaired) electrons. The van der Waals surface area contributed by atoms with Gasteiger partial charge >= 0.3 is 0 Å². The van der Waals surface area contributed by atoms with Crippen LogP contribution in [0.2, 0.25) is 0 Å². The first-order valence-corrected chi connectivity index (χ1v) is 12.9. The highest BCUT2D eigenvalue weighted by molar-refractivity contribution is 5.96. The van der Waals surface area contributed by atoms with Gasteiger partial charge in [-0.25, -0.2) is 0 Å². The van der Waals surface area contributed by atoms with E-state index in [2.05, 4.69) is 15.1 Å². The Morgan fingerprint density at radius 1 is 1.02 bits per heavy atom. The van der Waals surface area contributed by atoms with E-state index in [0.717, 1.165) is 16.5 Å². The molecule has 0 atom stereocenters. The van der Waals surface area contributed by atoms with Gasteiger partial charge in [-0.15, -0.1) is 0 Å². The van der Waals surface area contributed by atoms with E-state index in [1.54, 1.807) is 41.5 Å². The number of aryl methyl sites for hydroxylation is 1. The average molecular weight is 535 g/mol. The van der Waals surface area contributed by atoms with Gasteiger partial charge in [-0.3, -0.25) is 24.2 Å². The quantitative estimate of drug-likeness (QED) is 0.245. The zero-order valence-corrected chi connectivity index (χ0v) is 22.2. The Bertz CT molecular complexity index is 1790. The third-order valence-corrected chi connectivity index (χ3v) is 6.66. The van der Waals surface area contributed by atoms with Gasteiger partial charge in [0.1, 0.15) is 11.5 Å². The van der Waals surface area contributed by atoms with Gasteiger partial charge < -0.3 is 14.2 Å². The van der Waals surface area contributed by atoms with Gasteiger partial charge in [0, 0.05) is 41.1 Å². The smallest absolute Gasteiger partial charge is 0.231 e. The third kappa shape index (κ3) is 4.89. The van der Waals surface area contributed by atoms with Gasteiger partial charge in [0.15, 0.2) is 23.0 Å². The summed E-state index contributed by atoms with van der Waals surface area (Å²) < 4.78 is 18.7. The second-order valence-corrected chi connectivity index (χ2v) is 9.88. The molecule has 0 aliphatic carbocycles. The minimum absolute atomic E-state index is 0.0321. The molecule has 1 aliphatic rings. The van der Waals surface area contributed by atoms with E-state index in [-0.39, 0.29) is 24.9 Å². The second kappa shape index (κ2) is 10.3. The summed E-state index contributed by atoms with van der Waals surface area (Å²) in [6, 6.07) is 16.4. The van der Waals surface area contributed by atoms with Crippen molar-refractivity contribution in [1.82, 2.24) is 19.7 Å². The predicted octanol–water partition coefficient (Wildman–Crippen LogP) is 5.69. The summed E-state index contributed by atoms with van der Waals surface area (Å²) in [5.41, 5.74) is 2.99. The van der Waals surface area contributed by atoms with Crippen molar-refractivity contribution in [2.24, 2.45) is 0 Å². The van der Waals surface area contributed by atoms with Crippen LogP contribution in [-0.4, -0.2) is 32.3 Å². The van der Waals surface area contributed by atoms with Crippen molar-refractivity contribution in [3.05, 3.63) is 100 Å². The highest BCUT2D eigenvalue weighted by Crippen LogP contribution is 2.39. The summed E-state index contributed by atoms with van der Waals surface area (Å²) in [6.07, 6.45) is 4.83. The minimum atomic E-state index is -0.397. The van der Waals surface area contributed by atoms with Crippen molar-refractivity contribution in [2.45, 2.75) is 33.2 Å². The van der Waals surface area contributed by atoms with Crippen LogP contribution < -0.4 is 19.6 Å². The number of benzene rings is 2. The van der Waals surface area contributed by atoms with E-state index in [1.165, 1.54) is 0 Å². The van der Waals surface area contributed by atoms with Gasteiger partial charge in [0.05, 0.1) is 18.1 Å². The lowest BCUT2D eigenvalue weighted by molar-refractivity contribution is 0.0983. The predicted molar refractivity (Wildman–Crippen MR) is 149 cm³/mol. The van der Waals surface area contributed by atoms with E-state index >= 15 is 0 Å². The molecule has 200 valence electrons. The molecule has 0 N–H and O–H groups in total. The monoisotopic (exact) mass is 534 g/mol. The van der Waals surface area contributed by atoms with Crippen LogP contribution >= 0.6 is 0 Å². The third-order valence-electron chi connectivity index (χ3n) is 6.66. The fourth-order valence-electron chi connectivity index (χ4n) is 4.44. The van der Waals surface area contributed by atoms with Crippen LogP contribution in [0.25, 0.3) is 22.0 Å². The van der Waals surface area contributed by atoms with Crippen LogP contribution in [0.4, 0.5) is 0 Å². The molecule has 0 saturated carbocycles. The first-order valence-electron chi connectivity index (χ1n) is 12.9. The number of nitrogens with zero attached hydrogens (tertiary/aromatic N) is 4. The number of hydrogen-bond donors (Lipinski definition) is 0. The maximum absolute atomic E-state index is 13.3. The Kier molecular flexibility index (Phi) is 6.47. The largest absolute Gasteiger partial charge is 0.455 e. The van der Waals surface area contributed by atoms with Crippen LogP contribution in [0, 0.1) is 6.92 Å². The number of ketones is 1. The van der Waals surface area contributed by atoms with Crippen molar-refractivity contribution in [2.75, 3.05) is 6.79 Å². The van der Waals surface area contributed by atoms with Gasteiger partial charge in [0.2, 0.25) is 12.2 Å². The number of carbonyl (C=O) groups excluding carboxylic acids is 1. The van der Waals surface area contributed by atoms with Crippen LogP contribution in [0.5, 0.6) is 23.0 Å². The number of fused-ring (bicyclic) bond motifs is 2. The summed E-state index contributed by atoms with van der Waals surface area (Å²) >= 11 is 0. The summed E-state index contributed by atoms with van der Waals surface area (Å²) in [4.78, 5) is 35.4. The first kappa shape index (κ1) is 25.2. The van der Waals surface area contributed by atoms with Crippen molar-refractivity contribution >= 4 is 16.7 Å². The van der Waals surface area contributed by atoms with E-state index in [4.69, 9.17) is 14.2 Å². The molecule has 3 aromatic heterocycles. The number of aromatic nitrogens is 4. The molecule has 0 spiro atoms. The average Bonchev–Trinajstić information content (AvgIpc) is 3.41. The van der Waals surface area contributed by atoms with Gasteiger partial charge in [-0.1, -0.05) is 29.8 Å². The van der Waals surface area contributed by atoms with E-state index in [0.29, 0.717) is 39.8 Å². The zero-order chi connectivity index (χ0) is 27.8. The molecule has 4 heterocycles. The second-order valence-electron chi connectivity index (χ2n) is 9.88. The van der Waals surface area contributed by atoms with Gasteiger partial charge in [-0.05, 0) is 50.6 Å². The SMILES string of the molecule is Cc1ccc(-c2cn(C(C)C)nc(C(=O)Cc3ccc(Oc4ccnc5cc6c(cc45)OCO6)cn3)c2=O)cc1. The molecule has 9 heteroatoms. The number of carbonyl (C=O) groups is 1. The Hall–Kier alpha value is -5.05. The standard InChI is InChI=1S/C31H26N4O5/c1-18(2)35-16-24(20-6-4-19(3)5-7-20)31(37)30(34-35)26(36)12-21-8-9-22(15-33-21)40-27-10-11-32-25-14-29-28(13-23(25)27)38-17-39-29/h4-11,13-16,18H,12,17H2,1-3H3. The molecule has 0 unspecified atom stereocenters. The maximum atomic E-state index is 13.3. The molecular weight excluding hydrogens is 508 g/mol. The first-order chi connectivity index (χ1) is 19.4. The van der Waals surface area contributed by atoms with E-state index < -0.39 is 11.2 Å². The number of ether oxygens (including phenoxy) is 3. The number of Topliss-reactive ketones (excluding diaryl/α,β-unsaturated/α-hetero) is 1. The molecule has 0 bridgehead atoms. The molecule has 40 heavy (non-hydrogen) atoms. The van der Waals surface area contributed by atoms with Crippen molar-refractivity contribution in [3.63, 3.8) is 0 Å².